The molecule has 0 aliphatic carbocycles. The van der Waals surface area contributed by atoms with E-state index in [9.17, 15) is 0 Å². The largest absolute Gasteiger partial charge is 0.683 e. The van der Waals surface area contributed by atoms with E-state index in [1.165, 1.54) is 67.0 Å². The molecule has 45 heavy (non-hydrogen) atoms. The second-order valence-electron chi connectivity index (χ2n) is 11.4. The molecule has 0 unspecified atom stereocenters. The van der Waals surface area contributed by atoms with Gasteiger partial charge in [-0.1, -0.05) is 34.4 Å². The normalized spacial score (nSPS) is 9.82. The molecule has 0 atom stereocenters. The van der Waals surface area contributed by atoms with Gasteiger partial charge in [-0.2, -0.15) is 49.2 Å². The summed E-state index contributed by atoms with van der Waals surface area (Å²) >= 11 is 0. The predicted octanol–water partition coefficient (Wildman–Crippen LogP) is 11.3. The summed E-state index contributed by atoms with van der Waals surface area (Å²) in [4.78, 5) is 0. The molecule has 0 aliphatic heterocycles. The van der Waals surface area contributed by atoms with Crippen LogP contribution in [0.15, 0.2) is 60.7 Å². The summed E-state index contributed by atoms with van der Waals surface area (Å²) in [5.74, 6) is 0. The summed E-state index contributed by atoms with van der Waals surface area (Å²) in [6, 6.07) is 19.7. The van der Waals surface area contributed by atoms with Crippen molar-refractivity contribution < 1.29 is 26.2 Å². The molecule has 0 heterocycles. The van der Waals surface area contributed by atoms with Crippen molar-refractivity contribution in [3.05, 3.63) is 159 Å². The molecule has 0 amide bonds. The van der Waals surface area contributed by atoms with E-state index in [2.05, 4.69) is 88.4 Å². The smallest absolute Gasteiger partial charge is 0 e. The van der Waals surface area contributed by atoms with Crippen LogP contribution in [0.1, 0.15) is 66.8 Å². The molecule has 4 heteroatoms. The fourth-order valence-corrected chi connectivity index (χ4v) is 5.01. The van der Waals surface area contributed by atoms with E-state index < -0.39 is 0 Å². The maximum Gasteiger partial charge on any atom is 0 e. The molecule has 4 aromatic carbocycles. The molecular weight excluding hydrogens is 626 g/mol. The Balaban J connectivity index is 0.000000987. The van der Waals surface area contributed by atoms with Crippen molar-refractivity contribution in [3.8, 4) is 0 Å². The van der Waals surface area contributed by atoms with Crippen molar-refractivity contribution in [1.29, 1.82) is 0 Å². The molecule has 0 saturated carbocycles. The Morgan fingerprint density at radius 1 is 0.444 bits per heavy atom. The molecule has 0 aromatic heterocycles. The molecule has 0 aliphatic rings. The van der Waals surface area contributed by atoms with Crippen molar-refractivity contribution >= 4 is 11.4 Å². The Bertz CT molecular complexity index is 1270. The van der Waals surface area contributed by atoms with Gasteiger partial charge in [0.05, 0.1) is 0 Å². The topological polar surface area (TPSA) is 40.2 Å². The standard InChI is InChI=1S/C26H39N3.2C7H7.CH3.Zr/c1-15-17(3)21(7)25(22(8)18(15)4)28-13-11-27-12-14-29-26-23(9)19(5)16(2)20(6)24(26)10;2*1-7-5-3-2-4-6-7;;/h27H,11-14H2,1-10H3;2*2-6H,1H2;1H3;/q-2;3*-1;. The molecular formula is C41H56N3Zr-5. The van der Waals surface area contributed by atoms with Gasteiger partial charge in [0, 0.05) is 26.2 Å². The van der Waals surface area contributed by atoms with Gasteiger partial charge in [-0.15, -0.1) is 48.7 Å². The zero-order valence-electron chi connectivity index (χ0n) is 29.9. The van der Waals surface area contributed by atoms with Crippen LogP contribution in [0, 0.1) is 90.5 Å². The van der Waals surface area contributed by atoms with Gasteiger partial charge in [-0.3, -0.25) is 0 Å². The van der Waals surface area contributed by atoms with Crippen LogP contribution in [0.2, 0.25) is 0 Å². The number of hydrogen-bond donors (Lipinski definition) is 1. The quantitative estimate of drug-likeness (QED) is 0.146. The maximum absolute atomic E-state index is 4.89. The third kappa shape index (κ3) is 12.4. The third-order valence-corrected chi connectivity index (χ3v) is 8.72. The van der Waals surface area contributed by atoms with Crippen LogP contribution in [0.4, 0.5) is 11.4 Å². The van der Waals surface area contributed by atoms with E-state index >= 15 is 0 Å². The number of nitrogens with one attached hydrogen (secondary N) is 1. The van der Waals surface area contributed by atoms with Crippen molar-refractivity contribution in [2.24, 2.45) is 0 Å². The van der Waals surface area contributed by atoms with Gasteiger partial charge in [0.25, 0.3) is 0 Å². The van der Waals surface area contributed by atoms with E-state index in [1.807, 2.05) is 60.7 Å². The second kappa shape index (κ2) is 21.0. The molecule has 0 fully saturated rings. The molecule has 3 nitrogen and oxygen atoms in total. The van der Waals surface area contributed by atoms with Crippen molar-refractivity contribution in [2.75, 3.05) is 26.2 Å². The minimum absolute atomic E-state index is 0. The first kappa shape index (κ1) is 42.1. The van der Waals surface area contributed by atoms with E-state index in [1.54, 1.807) is 0 Å². The van der Waals surface area contributed by atoms with Crippen LogP contribution < -0.4 is 5.32 Å². The summed E-state index contributed by atoms with van der Waals surface area (Å²) in [7, 11) is 0. The van der Waals surface area contributed by atoms with Crippen LogP contribution in [0.5, 0.6) is 0 Å². The van der Waals surface area contributed by atoms with Crippen LogP contribution in [-0.4, -0.2) is 26.2 Å². The SMILES string of the molecule is Cc1c(C)c(C)c([N-]CCNCC[N-]c2c(C)c(C)c(C)c(C)c2C)c(C)c1C.[CH2-]c1ccccc1.[CH2-]c1ccccc1.[CH3-].[Zr]. The molecule has 4 rings (SSSR count). The van der Waals surface area contributed by atoms with Gasteiger partial charge < -0.3 is 23.4 Å². The molecule has 4 aromatic rings. The van der Waals surface area contributed by atoms with E-state index in [-0.39, 0.29) is 33.6 Å². The first-order valence-corrected chi connectivity index (χ1v) is 15.3. The first-order chi connectivity index (χ1) is 20.4. The van der Waals surface area contributed by atoms with Gasteiger partial charge in [-0.05, 0) is 116 Å². The van der Waals surface area contributed by atoms with Crippen molar-refractivity contribution in [2.45, 2.75) is 69.2 Å². The number of benzene rings is 4. The van der Waals surface area contributed by atoms with Crippen LogP contribution in [-0.2, 0) is 26.2 Å². The molecule has 0 saturated heterocycles. The Kier molecular flexibility index (Phi) is 19.6. The number of rotatable bonds is 8. The Hall–Kier alpha value is -2.94. The number of hydrogen-bond acceptors (Lipinski definition) is 1. The summed E-state index contributed by atoms with van der Waals surface area (Å²) in [6.45, 7) is 32.8. The zero-order valence-corrected chi connectivity index (χ0v) is 32.4. The Morgan fingerprint density at radius 3 is 0.911 bits per heavy atom. The van der Waals surface area contributed by atoms with Crippen LogP contribution in [0.25, 0.3) is 10.6 Å². The zero-order chi connectivity index (χ0) is 32.1. The van der Waals surface area contributed by atoms with Crippen molar-refractivity contribution in [1.82, 2.24) is 5.32 Å². The summed E-state index contributed by atoms with van der Waals surface area (Å²) in [5, 5.41) is 13.3. The maximum atomic E-state index is 4.89. The molecule has 0 bridgehead atoms. The molecule has 1 N–H and O–H groups in total. The van der Waals surface area contributed by atoms with Crippen LogP contribution >= 0.6 is 0 Å². The fraction of sp³-hybridized carbons (Fsp3) is 0.341. The average Bonchev–Trinajstić information content (AvgIpc) is 3.01. The van der Waals surface area contributed by atoms with Crippen molar-refractivity contribution in [3.63, 3.8) is 0 Å². The van der Waals surface area contributed by atoms with E-state index in [0.717, 1.165) is 37.3 Å². The minimum atomic E-state index is 0. The first-order valence-electron chi connectivity index (χ1n) is 15.3. The van der Waals surface area contributed by atoms with Gasteiger partial charge in [0.1, 0.15) is 0 Å². The molecule has 0 spiro atoms. The van der Waals surface area contributed by atoms with Gasteiger partial charge in [0.15, 0.2) is 0 Å². The monoisotopic (exact) mass is 680 g/mol. The van der Waals surface area contributed by atoms with Gasteiger partial charge in [0.2, 0.25) is 0 Å². The van der Waals surface area contributed by atoms with Crippen LogP contribution in [0.3, 0.4) is 0 Å². The average molecular weight is 682 g/mol. The minimum Gasteiger partial charge on any atom is -0.683 e. The van der Waals surface area contributed by atoms with Gasteiger partial charge >= 0.3 is 0 Å². The number of nitrogens with zero attached hydrogens (tertiary/aromatic N) is 2. The molecule has 244 valence electrons. The van der Waals surface area contributed by atoms with E-state index in [4.69, 9.17) is 10.6 Å². The fourth-order valence-electron chi connectivity index (χ4n) is 5.01. The summed E-state index contributed by atoms with van der Waals surface area (Å²) < 4.78 is 0. The van der Waals surface area contributed by atoms with Gasteiger partial charge in [-0.25, -0.2) is 0 Å². The third-order valence-electron chi connectivity index (χ3n) is 8.72. The Labute approximate surface area is 296 Å². The Morgan fingerprint density at radius 2 is 0.689 bits per heavy atom. The molecule has 0 radical (unpaired) electrons. The summed E-state index contributed by atoms with van der Waals surface area (Å²) in [5.41, 5.74) is 18.0. The summed E-state index contributed by atoms with van der Waals surface area (Å²) in [6.07, 6.45) is 0. The van der Waals surface area contributed by atoms with E-state index in [0.29, 0.717) is 0 Å². The predicted molar refractivity (Wildman–Crippen MR) is 197 cm³/mol. The second-order valence-corrected chi connectivity index (χ2v) is 11.4.